The molecule has 0 saturated carbocycles. The molecule has 1 heterocycles. The summed E-state index contributed by atoms with van der Waals surface area (Å²) in [6, 6.07) is 4.99. The maximum Gasteiger partial charge on any atom is 0.243 e. The lowest BCUT2D eigenvalue weighted by atomic mass is 10.3. The molecule has 1 N–H and O–H groups in total. The highest BCUT2D eigenvalue weighted by atomic mass is 79.9. The number of hydrogen-bond acceptors (Lipinski definition) is 4. The highest BCUT2D eigenvalue weighted by molar-refractivity contribution is 9.10. The van der Waals surface area contributed by atoms with Crippen LogP contribution < -0.4 is 10.1 Å². The van der Waals surface area contributed by atoms with Crippen LogP contribution in [0.15, 0.2) is 27.6 Å². The van der Waals surface area contributed by atoms with Crippen molar-refractivity contribution >= 4 is 38.4 Å². The summed E-state index contributed by atoms with van der Waals surface area (Å²) in [5.74, 6) is 0.618. The quantitative estimate of drug-likeness (QED) is 0.863. The van der Waals surface area contributed by atoms with E-state index in [4.69, 9.17) is 4.74 Å². The number of hydrogen-bond donors (Lipinski definition) is 1. The van der Waals surface area contributed by atoms with Crippen molar-refractivity contribution in [1.82, 2.24) is 9.62 Å². The first-order chi connectivity index (χ1) is 8.95. The fourth-order valence-corrected chi connectivity index (χ4v) is 4.32. The van der Waals surface area contributed by atoms with Gasteiger partial charge in [-0.3, -0.25) is 0 Å². The van der Waals surface area contributed by atoms with Gasteiger partial charge >= 0.3 is 0 Å². The van der Waals surface area contributed by atoms with Gasteiger partial charge in [-0.15, -0.1) is 12.4 Å². The average molecular weight is 386 g/mol. The highest BCUT2D eigenvalue weighted by Gasteiger charge is 2.28. The van der Waals surface area contributed by atoms with E-state index in [2.05, 4.69) is 21.2 Å². The van der Waals surface area contributed by atoms with Gasteiger partial charge in [0.15, 0.2) is 0 Å². The Balaban J connectivity index is 0.00000200. The molecule has 5 nitrogen and oxygen atoms in total. The Bertz CT molecular complexity index is 568. The van der Waals surface area contributed by atoms with Gasteiger partial charge in [0.2, 0.25) is 10.0 Å². The van der Waals surface area contributed by atoms with Gasteiger partial charge in [-0.1, -0.05) is 0 Å². The van der Waals surface area contributed by atoms with E-state index in [1.807, 2.05) is 6.92 Å². The standard InChI is InChI=1S/C12H17BrN2O3S.ClH/c1-9-8-15(6-5-14-9)19(16,17)10-3-4-12(18-2)11(13)7-10;/h3-4,7,9,14H,5-6,8H2,1-2H3;1H. The molecule has 2 rings (SSSR count). The van der Waals surface area contributed by atoms with Crippen LogP contribution in [0.2, 0.25) is 0 Å². The van der Waals surface area contributed by atoms with Crippen LogP contribution in [0.1, 0.15) is 6.92 Å². The summed E-state index contributed by atoms with van der Waals surface area (Å²) in [6.07, 6.45) is 0. The maximum atomic E-state index is 12.5. The molecule has 0 bridgehead atoms. The van der Waals surface area contributed by atoms with Crippen LogP contribution in [0.3, 0.4) is 0 Å². The second kappa shape index (κ2) is 7.09. The number of nitrogens with one attached hydrogen (secondary N) is 1. The number of nitrogens with zero attached hydrogens (tertiary/aromatic N) is 1. The molecular weight excluding hydrogens is 368 g/mol. The Morgan fingerprint density at radius 1 is 1.45 bits per heavy atom. The zero-order valence-corrected chi connectivity index (χ0v) is 14.5. The van der Waals surface area contributed by atoms with E-state index in [0.29, 0.717) is 29.9 Å². The first-order valence-electron chi connectivity index (χ1n) is 6.02. The van der Waals surface area contributed by atoms with Crippen LogP contribution in [0.4, 0.5) is 0 Å². The number of halogens is 2. The molecular formula is C12H18BrClN2O3S. The van der Waals surface area contributed by atoms with Crippen molar-refractivity contribution in [2.75, 3.05) is 26.7 Å². The van der Waals surface area contributed by atoms with E-state index < -0.39 is 10.0 Å². The first kappa shape index (κ1) is 17.7. The Labute approximate surface area is 134 Å². The largest absolute Gasteiger partial charge is 0.496 e. The molecule has 1 saturated heterocycles. The minimum Gasteiger partial charge on any atom is -0.496 e. The van der Waals surface area contributed by atoms with Crippen LogP contribution in [0.25, 0.3) is 0 Å². The van der Waals surface area contributed by atoms with Crippen LogP contribution in [-0.4, -0.2) is 45.5 Å². The lowest BCUT2D eigenvalue weighted by Gasteiger charge is -2.31. The smallest absolute Gasteiger partial charge is 0.243 e. The second-order valence-corrected chi connectivity index (χ2v) is 7.31. The minimum absolute atomic E-state index is 0. The van der Waals surface area contributed by atoms with Crippen molar-refractivity contribution in [1.29, 1.82) is 0 Å². The number of methoxy groups -OCH3 is 1. The number of sulfonamides is 1. The SMILES string of the molecule is COc1ccc(S(=O)(=O)N2CCNC(C)C2)cc1Br.Cl. The molecule has 1 aromatic rings. The van der Waals surface area contributed by atoms with E-state index >= 15 is 0 Å². The molecule has 1 unspecified atom stereocenters. The molecule has 0 spiro atoms. The van der Waals surface area contributed by atoms with E-state index in [0.717, 1.165) is 0 Å². The van der Waals surface area contributed by atoms with Crippen molar-refractivity contribution in [2.24, 2.45) is 0 Å². The van der Waals surface area contributed by atoms with Gasteiger partial charge in [-0.25, -0.2) is 8.42 Å². The summed E-state index contributed by atoms with van der Waals surface area (Å²) in [5.41, 5.74) is 0. The zero-order chi connectivity index (χ0) is 14.0. The summed E-state index contributed by atoms with van der Waals surface area (Å²) < 4.78 is 32.3. The maximum absolute atomic E-state index is 12.5. The predicted molar refractivity (Wildman–Crippen MR) is 84.2 cm³/mol. The Hall–Kier alpha value is -0.340. The Morgan fingerprint density at radius 2 is 2.15 bits per heavy atom. The predicted octanol–water partition coefficient (Wildman–Crippen LogP) is 1.86. The minimum atomic E-state index is -3.43. The molecule has 0 aliphatic carbocycles. The van der Waals surface area contributed by atoms with Crippen molar-refractivity contribution in [3.8, 4) is 5.75 Å². The monoisotopic (exact) mass is 384 g/mol. The molecule has 1 atom stereocenters. The molecule has 1 fully saturated rings. The summed E-state index contributed by atoms with van der Waals surface area (Å²) in [4.78, 5) is 0.286. The fraction of sp³-hybridized carbons (Fsp3) is 0.500. The second-order valence-electron chi connectivity index (χ2n) is 4.51. The van der Waals surface area contributed by atoms with Gasteiger partial charge in [0.05, 0.1) is 16.5 Å². The van der Waals surface area contributed by atoms with E-state index in [1.54, 1.807) is 25.3 Å². The normalized spacial score (nSPS) is 20.2. The molecule has 0 aromatic heterocycles. The number of piperazine rings is 1. The fourth-order valence-electron chi connectivity index (χ4n) is 2.07. The van der Waals surface area contributed by atoms with Crippen LogP contribution in [0.5, 0.6) is 5.75 Å². The van der Waals surface area contributed by atoms with E-state index in [1.165, 1.54) is 4.31 Å². The van der Waals surface area contributed by atoms with Crippen LogP contribution in [0, 0.1) is 0 Å². The third-order valence-electron chi connectivity index (χ3n) is 3.09. The van der Waals surface area contributed by atoms with Crippen molar-refractivity contribution in [3.05, 3.63) is 22.7 Å². The molecule has 1 aliphatic rings. The molecule has 0 amide bonds. The molecule has 0 radical (unpaired) electrons. The van der Waals surface area contributed by atoms with Crippen molar-refractivity contribution in [2.45, 2.75) is 17.9 Å². The topological polar surface area (TPSA) is 58.6 Å². The van der Waals surface area contributed by atoms with Gasteiger partial charge in [0.25, 0.3) is 0 Å². The van der Waals surface area contributed by atoms with Gasteiger partial charge in [-0.05, 0) is 41.1 Å². The molecule has 114 valence electrons. The molecule has 8 heteroatoms. The first-order valence-corrected chi connectivity index (χ1v) is 8.25. The summed E-state index contributed by atoms with van der Waals surface area (Å²) >= 11 is 3.32. The van der Waals surface area contributed by atoms with Crippen molar-refractivity contribution in [3.63, 3.8) is 0 Å². The van der Waals surface area contributed by atoms with Gasteiger partial charge in [0.1, 0.15) is 5.75 Å². The van der Waals surface area contributed by atoms with Crippen LogP contribution >= 0.6 is 28.3 Å². The lowest BCUT2D eigenvalue weighted by Crippen LogP contribution is -2.51. The van der Waals surface area contributed by atoms with E-state index in [-0.39, 0.29) is 23.3 Å². The molecule has 1 aromatic carbocycles. The number of benzene rings is 1. The zero-order valence-electron chi connectivity index (χ0n) is 11.3. The Morgan fingerprint density at radius 3 is 2.70 bits per heavy atom. The third kappa shape index (κ3) is 3.65. The summed E-state index contributed by atoms with van der Waals surface area (Å²) in [6.45, 7) is 3.64. The molecule has 1 aliphatic heterocycles. The van der Waals surface area contributed by atoms with Crippen molar-refractivity contribution < 1.29 is 13.2 Å². The molecule has 20 heavy (non-hydrogen) atoms. The van der Waals surface area contributed by atoms with Gasteiger partial charge in [0, 0.05) is 25.7 Å². The average Bonchev–Trinajstić information content (AvgIpc) is 2.38. The van der Waals surface area contributed by atoms with Crippen LogP contribution in [-0.2, 0) is 10.0 Å². The Kier molecular flexibility index (Phi) is 6.27. The van der Waals surface area contributed by atoms with E-state index in [9.17, 15) is 8.42 Å². The van der Waals surface area contributed by atoms with Gasteiger partial charge in [-0.2, -0.15) is 4.31 Å². The summed E-state index contributed by atoms with van der Waals surface area (Å²) in [5, 5.41) is 3.23. The lowest BCUT2D eigenvalue weighted by molar-refractivity contribution is 0.310. The summed E-state index contributed by atoms with van der Waals surface area (Å²) in [7, 11) is -1.89. The number of ether oxygens (including phenoxy) is 1. The van der Waals surface area contributed by atoms with Gasteiger partial charge < -0.3 is 10.1 Å². The third-order valence-corrected chi connectivity index (χ3v) is 5.57. The number of rotatable bonds is 3. The highest BCUT2D eigenvalue weighted by Crippen LogP contribution is 2.29.